The zero-order valence-electron chi connectivity index (χ0n) is 7.97. The van der Waals surface area contributed by atoms with Crippen molar-refractivity contribution in [2.24, 2.45) is 7.05 Å². The topological polar surface area (TPSA) is 52.7 Å². The van der Waals surface area contributed by atoms with E-state index in [0.29, 0.717) is 6.54 Å². The highest BCUT2D eigenvalue weighted by Gasteiger charge is 2.06. The minimum Gasteiger partial charge on any atom is -0.317 e. The van der Waals surface area contributed by atoms with Gasteiger partial charge in [0.25, 0.3) is 0 Å². The Kier molecular flexibility index (Phi) is 2.20. The van der Waals surface area contributed by atoms with Gasteiger partial charge in [-0.3, -0.25) is 9.36 Å². The van der Waals surface area contributed by atoms with Gasteiger partial charge in [-0.2, -0.15) is 0 Å². The molecule has 2 aromatic rings. The Hall–Kier alpha value is -1.43. The van der Waals surface area contributed by atoms with Gasteiger partial charge in [-0.1, -0.05) is 11.3 Å². The Labute approximate surface area is 84.6 Å². The number of hydrogen-bond acceptors (Lipinski definition) is 4. The molecule has 0 N–H and O–H groups in total. The van der Waals surface area contributed by atoms with E-state index in [9.17, 15) is 4.79 Å². The van der Waals surface area contributed by atoms with Gasteiger partial charge in [0.15, 0.2) is 5.82 Å². The van der Waals surface area contributed by atoms with Gasteiger partial charge >= 0.3 is 4.87 Å². The summed E-state index contributed by atoms with van der Waals surface area (Å²) >= 11 is 1.19. The van der Waals surface area contributed by atoms with Crippen LogP contribution in [0.2, 0.25) is 0 Å². The zero-order valence-corrected chi connectivity index (χ0v) is 8.78. The van der Waals surface area contributed by atoms with E-state index < -0.39 is 0 Å². The van der Waals surface area contributed by atoms with Gasteiger partial charge < -0.3 is 4.57 Å². The van der Waals surface area contributed by atoms with E-state index in [2.05, 4.69) is 10.2 Å². The molecule has 0 spiro atoms. The molecule has 5 nitrogen and oxygen atoms in total. The first-order chi connectivity index (χ1) is 6.68. The predicted molar refractivity (Wildman–Crippen MR) is 53.4 cm³/mol. The molecule has 2 heterocycles. The number of aryl methyl sites for hydroxylation is 1. The van der Waals surface area contributed by atoms with Gasteiger partial charge in [-0.25, -0.2) is 0 Å². The first-order valence-corrected chi connectivity index (χ1v) is 5.05. The van der Waals surface area contributed by atoms with E-state index in [-0.39, 0.29) is 4.87 Å². The summed E-state index contributed by atoms with van der Waals surface area (Å²) in [5.41, 5.74) is 0. The van der Waals surface area contributed by atoms with Gasteiger partial charge in [0, 0.05) is 18.6 Å². The molecule has 0 fully saturated rings. The molecule has 0 aliphatic heterocycles. The second-order valence-corrected chi connectivity index (χ2v) is 3.88. The summed E-state index contributed by atoms with van der Waals surface area (Å²) in [6, 6.07) is 0. The van der Waals surface area contributed by atoms with Gasteiger partial charge in [0.2, 0.25) is 0 Å². The lowest BCUT2D eigenvalue weighted by Crippen LogP contribution is -2.15. The van der Waals surface area contributed by atoms with E-state index in [1.807, 2.05) is 18.5 Å². The summed E-state index contributed by atoms with van der Waals surface area (Å²) in [5, 5.41) is 9.69. The Balaban J connectivity index is 2.32. The van der Waals surface area contributed by atoms with Crippen LogP contribution in [0, 0.1) is 6.92 Å². The summed E-state index contributed by atoms with van der Waals surface area (Å²) in [7, 11) is 1.89. The molecule has 0 aliphatic rings. The molecule has 0 unspecified atom stereocenters. The van der Waals surface area contributed by atoms with Crippen molar-refractivity contribution in [1.82, 2.24) is 19.3 Å². The fourth-order valence-corrected chi connectivity index (χ4v) is 1.73. The summed E-state index contributed by atoms with van der Waals surface area (Å²) in [6.45, 7) is 2.37. The van der Waals surface area contributed by atoms with Crippen molar-refractivity contribution >= 4 is 11.3 Å². The Morgan fingerprint density at radius 3 is 2.79 bits per heavy atom. The number of rotatable bonds is 2. The van der Waals surface area contributed by atoms with Crippen molar-refractivity contribution in [3.05, 3.63) is 32.9 Å². The quantitative estimate of drug-likeness (QED) is 0.720. The van der Waals surface area contributed by atoms with E-state index in [4.69, 9.17) is 0 Å². The Bertz CT molecular complexity index is 495. The molecule has 0 amide bonds. The van der Waals surface area contributed by atoms with Crippen molar-refractivity contribution < 1.29 is 0 Å². The smallest absolute Gasteiger partial charge is 0.307 e. The average molecular weight is 210 g/mol. The SMILES string of the molecule is Cc1nnc(Cn2ccsc2=O)n1C. The van der Waals surface area contributed by atoms with E-state index in [1.165, 1.54) is 11.3 Å². The van der Waals surface area contributed by atoms with Crippen molar-refractivity contribution in [2.45, 2.75) is 13.5 Å². The van der Waals surface area contributed by atoms with Crippen molar-refractivity contribution in [3.63, 3.8) is 0 Å². The third kappa shape index (κ3) is 1.48. The maximum atomic E-state index is 11.3. The van der Waals surface area contributed by atoms with Gasteiger partial charge in [-0.15, -0.1) is 10.2 Å². The maximum Gasteiger partial charge on any atom is 0.307 e. The number of thiazole rings is 1. The molecule has 0 aliphatic carbocycles. The monoisotopic (exact) mass is 210 g/mol. The minimum absolute atomic E-state index is 0.0330. The third-order valence-corrected chi connectivity index (χ3v) is 2.83. The highest BCUT2D eigenvalue weighted by molar-refractivity contribution is 7.07. The fourth-order valence-electron chi connectivity index (χ4n) is 1.15. The van der Waals surface area contributed by atoms with Crippen LogP contribution in [0.5, 0.6) is 0 Å². The van der Waals surface area contributed by atoms with Crippen LogP contribution in [0.1, 0.15) is 11.6 Å². The van der Waals surface area contributed by atoms with E-state index >= 15 is 0 Å². The van der Waals surface area contributed by atoms with Crippen LogP contribution < -0.4 is 4.87 Å². The first kappa shape index (κ1) is 9.14. The molecular formula is C8H10N4OS. The third-order valence-electron chi connectivity index (χ3n) is 2.14. The molecule has 74 valence electrons. The average Bonchev–Trinajstić information content (AvgIpc) is 2.68. The lowest BCUT2D eigenvalue weighted by atomic mass is 10.5. The van der Waals surface area contributed by atoms with Crippen LogP contribution in [0.3, 0.4) is 0 Å². The minimum atomic E-state index is 0.0330. The molecule has 0 bridgehead atoms. The predicted octanol–water partition coefficient (Wildman–Crippen LogP) is 0.395. The second-order valence-electron chi connectivity index (χ2n) is 3.02. The molecule has 0 radical (unpaired) electrons. The molecule has 0 saturated carbocycles. The summed E-state index contributed by atoms with van der Waals surface area (Å²) < 4.78 is 3.50. The van der Waals surface area contributed by atoms with Gasteiger partial charge in [-0.05, 0) is 6.92 Å². The first-order valence-electron chi connectivity index (χ1n) is 4.17. The fraction of sp³-hybridized carbons (Fsp3) is 0.375. The van der Waals surface area contributed by atoms with Crippen molar-refractivity contribution in [3.8, 4) is 0 Å². The number of hydrogen-bond donors (Lipinski definition) is 0. The van der Waals surface area contributed by atoms with E-state index in [0.717, 1.165) is 11.6 Å². The second kappa shape index (κ2) is 3.38. The molecule has 2 rings (SSSR count). The molecule has 6 heteroatoms. The lowest BCUT2D eigenvalue weighted by Gasteiger charge is -2.00. The van der Waals surface area contributed by atoms with E-state index in [1.54, 1.807) is 16.1 Å². The summed E-state index contributed by atoms with van der Waals surface area (Å²) in [5.74, 6) is 1.64. The normalized spacial score (nSPS) is 10.7. The van der Waals surface area contributed by atoms with Gasteiger partial charge in [0.05, 0.1) is 6.54 Å². The van der Waals surface area contributed by atoms with Crippen LogP contribution >= 0.6 is 11.3 Å². The van der Waals surface area contributed by atoms with Gasteiger partial charge in [0.1, 0.15) is 5.82 Å². The number of aromatic nitrogens is 4. The van der Waals surface area contributed by atoms with Crippen molar-refractivity contribution in [1.29, 1.82) is 0 Å². The van der Waals surface area contributed by atoms with Crippen LogP contribution in [0.15, 0.2) is 16.4 Å². The van der Waals surface area contributed by atoms with Crippen LogP contribution in [-0.2, 0) is 13.6 Å². The molecule has 0 aromatic carbocycles. The molecule has 14 heavy (non-hydrogen) atoms. The molecule has 2 aromatic heterocycles. The standard InChI is InChI=1S/C8H10N4OS/c1-6-9-10-7(11(6)2)5-12-3-4-14-8(12)13/h3-4H,5H2,1-2H3. The highest BCUT2D eigenvalue weighted by Crippen LogP contribution is 2.00. The Morgan fingerprint density at radius 1 is 1.50 bits per heavy atom. The molecule has 0 saturated heterocycles. The number of nitrogens with zero attached hydrogens (tertiary/aromatic N) is 4. The summed E-state index contributed by atoms with van der Waals surface area (Å²) in [4.78, 5) is 11.3. The molecule has 0 atom stereocenters. The van der Waals surface area contributed by atoms with Crippen molar-refractivity contribution in [2.75, 3.05) is 0 Å². The largest absolute Gasteiger partial charge is 0.317 e. The maximum absolute atomic E-state index is 11.3. The lowest BCUT2D eigenvalue weighted by molar-refractivity contribution is 0.684. The molecular weight excluding hydrogens is 200 g/mol. The van der Waals surface area contributed by atoms with Crippen LogP contribution in [-0.4, -0.2) is 19.3 Å². The van der Waals surface area contributed by atoms with Crippen LogP contribution in [0.25, 0.3) is 0 Å². The summed E-state index contributed by atoms with van der Waals surface area (Å²) in [6.07, 6.45) is 1.76. The highest BCUT2D eigenvalue weighted by atomic mass is 32.1. The van der Waals surface area contributed by atoms with Crippen LogP contribution in [0.4, 0.5) is 0 Å². The Morgan fingerprint density at radius 2 is 2.29 bits per heavy atom. The zero-order chi connectivity index (χ0) is 10.1.